The summed E-state index contributed by atoms with van der Waals surface area (Å²) in [4.78, 5) is 4.25. The number of aryl methyl sites for hydroxylation is 1. The monoisotopic (exact) mass is 243 g/mol. The molecule has 0 aliphatic rings. The van der Waals surface area contributed by atoms with E-state index in [0.717, 1.165) is 17.9 Å². The SMILES string of the molecule is Cc1cccc(NC(N)=NCCc2ccco2)c1. The van der Waals surface area contributed by atoms with Crippen molar-refractivity contribution in [2.45, 2.75) is 13.3 Å². The second-order valence-corrected chi connectivity index (χ2v) is 4.09. The Morgan fingerprint density at radius 2 is 2.22 bits per heavy atom. The van der Waals surface area contributed by atoms with Gasteiger partial charge >= 0.3 is 0 Å². The topological polar surface area (TPSA) is 63.5 Å². The average Bonchev–Trinajstić information content (AvgIpc) is 2.82. The second-order valence-electron chi connectivity index (χ2n) is 4.09. The van der Waals surface area contributed by atoms with Crippen LogP contribution in [0.15, 0.2) is 52.1 Å². The van der Waals surface area contributed by atoms with Gasteiger partial charge in [0.1, 0.15) is 5.76 Å². The van der Waals surface area contributed by atoms with E-state index in [1.807, 2.05) is 43.3 Å². The molecule has 0 aliphatic heterocycles. The normalized spacial score (nSPS) is 11.5. The maximum absolute atomic E-state index is 5.80. The maximum Gasteiger partial charge on any atom is 0.193 e. The molecule has 4 nitrogen and oxygen atoms in total. The third-order valence-electron chi connectivity index (χ3n) is 2.51. The van der Waals surface area contributed by atoms with E-state index < -0.39 is 0 Å². The summed E-state index contributed by atoms with van der Waals surface area (Å²) >= 11 is 0. The zero-order valence-corrected chi connectivity index (χ0v) is 10.4. The minimum Gasteiger partial charge on any atom is -0.469 e. The molecule has 1 heterocycles. The number of furan rings is 1. The van der Waals surface area contributed by atoms with Crippen LogP contribution in [0.2, 0.25) is 0 Å². The fourth-order valence-electron chi connectivity index (χ4n) is 1.65. The van der Waals surface area contributed by atoms with Gasteiger partial charge in [-0.3, -0.25) is 4.99 Å². The van der Waals surface area contributed by atoms with Gasteiger partial charge < -0.3 is 15.5 Å². The van der Waals surface area contributed by atoms with Gasteiger partial charge in [0.05, 0.1) is 6.26 Å². The van der Waals surface area contributed by atoms with Crippen molar-refractivity contribution in [3.05, 3.63) is 54.0 Å². The lowest BCUT2D eigenvalue weighted by Crippen LogP contribution is -2.23. The molecule has 2 aromatic rings. The van der Waals surface area contributed by atoms with Crippen molar-refractivity contribution < 1.29 is 4.42 Å². The van der Waals surface area contributed by atoms with Crippen LogP contribution in [-0.4, -0.2) is 12.5 Å². The Bertz CT molecular complexity index is 518. The van der Waals surface area contributed by atoms with Gasteiger partial charge in [0.25, 0.3) is 0 Å². The fraction of sp³-hybridized carbons (Fsp3) is 0.214. The molecule has 0 unspecified atom stereocenters. The Morgan fingerprint density at radius 1 is 1.33 bits per heavy atom. The number of guanidine groups is 1. The van der Waals surface area contributed by atoms with Crippen LogP contribution in [-0.2, 0) is 6.42 Å². The molecule has 2 rings (SSSR count). The molecule has 0 saturated carbocycles. The third-order valence-corrected chi connectivity index (χ3v) is 2.51. The Morgan fingerprint density at radius 3 is 2.94 bits per heavy atom. The van der Waals surface area contributed by atoms with Crippen LogP contribution < -0.4 is 11.1 Å². The molecular weight excluding hydrogens is 226 g/mol. The highest BCUT2D eigenvalue weighted by atomic mass is 16.3. The lowest BCUT2D eigenvalue weighted by molar-refractivity contribution is 0.511. The highest BCUT2D eigenvalue weighted by molar-refractivity contribution is 5.92. The van der Waals surface area contributed by atoms with Gasteiger partial charge in [0.2, 0.25) is 0 Å². The first-order valence-corrected chi connectivity index (χ1v) is 5.90. The zero-order valence-electron chi connectivity index (χ0n) is 10.4. The molecule has 0 fully saturated rings. The number of hydrogen-bond donors (Lipinski definition) is 2. The van der Waals surface area contributed by atoms with Crippen molar-refractivity contribution in [3.8, 4) is 0 Å². The summed E-state index contributed by atoms with van der Waals surface area (Å²) in [6.07, 6.45) is 2.41. The molecule has 18 heavy (non-hydrogen) atoms. The molecule has 0 atom stereocenters. The van der Waals surface area contributed by atoms with Crippen molar-refractivity contribution in [1.82, 2.24) is 0 Å². The number of rotatable bonds is 4. The number of aliphatic imine (C=N–C) groups is 1. The summed E-state index contributed by atoms with van der Waals surface area (Å²) in [5, 5.41) is 3.06. The molecule has 94 valence electrons. The highest BCUT2D eigenvalue weighted by Crippen LogP contribution is 2.08. The predicted octanol–water partition coefficient (Wildman–Crippen LogP) is 2.56. The van der Waals surface area contributed by atoms with Gasteiger partial charge in [-0.1, -0.05) is 12.1 Å². The van der Waals surface area contributed by atoms with Crippen LogP contribution in [0.4, 0.5) is 5.69 Å². The van der Waals surface area contributed by atoms with E-state index in [9.17, 15) is 0 Å². The molecule has 1 aromatic heterocycles. The van der Waals surface area contributed by atoms with Crippen molar-refractivity contribution in [3.63, 3.8) is 0 Å². The third kappa shape index (κ3) is 3.66. The Labute approximate surface area is 107 Å². The van der Waals surface area contributed by atoms with Crippen LogP contribution in [0.25, 0.3) is 0 Å². The van der Waals surface area contributed by atoms with Crippen LogP contribution in [0, 0.1) is 6.92 Å². The first kappa shape index (κ1) is 12.2. The van der Waals surface area contributed by atoms with Crippen molar-refractivity contribution >= 4 is 11.6 Å². The van der Waals surface area contributed by atoms with Gasteiger partial charge in [0.15, 0.2) is 5.96 Å². The average molecular weight is 243 g/mol. The largest absolute Gasteiger partial charge is 0.469 e. The minimum atomic E-state index is 0.423. The zero-order chi connectivity index (χ0) is 12.8. The first-order chi connectivity index (χ1) is 8.74. The Balaban J connectivity index is 1.85. The molecule has 0 aliphatic carbocycles. The van der Waals surface area contributed by atoms with Crippen LogP contribution >= 0.6 is 0 Å². The highest BCUT2D eigenvalue weighted by Gasteiger charge is 1.97. The fourth-order valence-corrected chi connectivity index (χ4v) is 1.65. The maximum atomic E-state index is 5.80. The van der Waals surface area contributed by atoms with Crippen molar-refractivity contribution in [1.29, 1.82) is 0 Å². The van der Waals surface area contributed by atoms with E-state index in [0.29, 0.717) is 12.5 Å². The van der Waals surface area contributed by atoms with E-state index in [4.69, 9.17) is 10.2 Å². The summed E-state index contributed by atoms with van der Waals surface area (Å²) in [5.74, 6) is 1.34. The quantitative estimate of drug-likeness (QED) is 0.640. The summed E-state index contributed by atoms with van der Waals surface area (Å²) in [5.41, 5.74) is 7.94. The second kappa shape index (κ2) is 5.91. The van der Waals surface area contributed by atoms with Crippen molar-refractivity contribution in [2.75, 3.05) is 11.9 Å². The van der Waals surface area contributed by atoms with Gasteiger partial charge in [-0.25, -0.2) is 0 Å². The Hall–Kier alpha value is -2.23. The van der Waals surface area contributed by atoms with Crippen molar-refractivity contribution in [2.24, 2.45) is 10.7 Å². The van der Waals surface area contributed by atoms with E-state index >= 15 is 0 Å². The number of benzene rings is 1. The predicted molar refractivity (Wildman–Crippen MR) is 73.7 cm³/mol. The van der Waals surface area contributed by atoms with Crippen LogP contribution in [0.1, 0.15) is 11.3 Å². The van der Waals surface area contributed by atoms with E-state index in [1.165, 1.54) is 5.56 Å². The van der Waals surface area contributed by atoms with Gasteiger partial charge in [-0.05, 0) is 36.8 Å². The van der Waals surface area contributed by atoms with E-state index in [2.05, 4.69) is 10.3 Å². The van der Waals surface area contributed by atoms with E-state index in [-0.39, 0.29) is 0 Å². The lowest BCUT2D eigenvalue weighted by atomic mass is 10.2. The molecule has 0 spiro atoms. The molecule has 1 aromatic carbocycles. The van der Waals surface area contributed by atoms with E-state index in [1.54, 1.807) is 6.26 Å². The lowest BCUT2D eigenvalue weighted by Gasteiger charge is -2.05. The number of nitrogens with zero attached hydrogens (tertiary/aromatic N) is 1. The molecule has 0 amide bonds. The molecule has 3 N–H and O–H groups in total. The summed E-state index contributed by atoms with van der Waals surface area (Å²) in [6, 6.07) is 11.8. The smallest absolute Gasteiger partial charge is 0.193 e. The summed E-state index contributed by atoms with van der Waals surface area (Å²) in [6.45, 7) is 2.65. The molecule has 0 saturated heterocycles. The standard InChI is InChI=1S/C14H17N3O/c1-11-4-2-5-12(10-11)17-14(15)16-8-7-13-6-3-9-18-13/h2-6,9-10H,7-8H2,1H3,(H3,15,16,17). The molecule has 0 bridgehead atoms. The number of hydrogen-bond acceptors (Lipinski definition) is 2. The van der Waals surface area contributed by atoms with Gasteiger partial charge in [-0.15, -0.1) is 0 Å². The summed E-state index contributed by atoms with van der Waals surface area (Å²) < 4.78 is 5.22. The van der Waals surface area contributed by atoms with Crippen LogP contribution in [0.5, 0.6) is 0 Å². The Kier molecular flexibility index (Phi) is 4.02. The first-order valence-electron chi connectivity index (χ1n) is 5.90. The van der Waals surface area contributed by atoms with Gasteiger partial charge in [-0.2, -0.15) is 0 Å². The van der Waals surface area contributed by atoms with Crippen LogP contribution in [0.3, 0.4) is 0 Å². The number of nitrogens with one attached hydrogen (secondary N) is 1. The number of anilines is 1. The number of nitrogens with two attached hydrogens (primary N) is 1. The molecule has 4 heteroatoms. The van der Waals surface area contributed by atoms with Gasteiger partial charge in [0, 0.05) is 18.7 Å². The molecule has 0 radical (unpaired) electrons. The minimum absolute atomic E-state index is 0.423. The molecular formula is C14H17N3O. The summed E-state index contributed by atoms with van der Waals surface area (Å²) in [7, 11) is 0.